The highest BCUT2D eigenvalue weighted by Gasteiger charge is 2.15. The Labute approximate surface area is 115 Å². The zero-order valence-corrected chi connectivity index (χ0v) is 11.7. The first-order valence-electron chi connectivity index (χ1n) is 6.70. The Morgan fingerprint density at radius 2 is 2.00 bits per heavy atom. The van der Waals surface area contributed by atoms with Crippen molar-refractivity contribution in [2.24, 2.45) is 0 Å². The number of thiocarbonyl (C=S) groups is 1. The number of para-hydroxylation sites is 2. The number of hydrogen-bond acceptors (Lipinski definition) is 2. The molecule has 0 radical (unpaired) electrons. The molecule has 2 N–H and O–H groups in total. The summed E-state index contributed by atoms with van der Waals surface area (Å²) in [6.45, 7) is 5.34. The van der Waals surface area contributed by atoms with Crippen molar-refractivity contribution in [1.82, 2.24) is 5.32 Å². The van der Waals surface area contributed by atoms with Crippen LogP contribution in [0.2, 0.25) is 0 Å². The summed E-state index contributed by atoms with van der Waals surface area (Å²) in [7, 11) is 0. The summed E-state index contributed by atoms with van der Waals surface area (Å²) in [5.41, 5.74) is 2.36. The standard InChI is InChI=1S/C14H21N3S/c1-2-9-15-14(18)16-12-7-3-4-8-13(12)17-10-5-6-11-17/h3-4,7-8H,2,5-6,9-11H2,1H3,(H2,15,16,18). The van der Waals surface area contributed by atoms with Gasteiger partial charge in [0.2, 0.25) is 0 Å². The molecule has 0 saturated carbocycles. The molecule has 0 aliphatic carbocycles. The van der Waals surface area contributed by atoms with Crippen molar-refractivity contribution in [3.63, 3.8) is 0 Å². The lowest BCUT2D eigenvalue weighted by molar-refractivity contribution is 0.846. The molecule has 0 spiro atoms. The van der Waals surface area contributed by atoms with Gasteiger partial charge in [0.1, 0.15) is 0 Å². The Kier molecular flexibility index (Phi) is 4.81. The van der Waals surface area contributed by atoms with Crippen LogP contribution in [-0.2, 0) is 0 Å². The molecule has 2 rings (SSSR count). The van der Waals surface area contributed by atoms with Gasteiger partial charge in [-0.1, -0.05) is 19.1 Å². The van der Waals surface area contributed by atoms with Gasteiger partial charge in [-0.15, -0.1) is 0 Å². The molecule has 18 heavy (non-hydrogen) atoms. The topological polar surface area (TPSA) is 27.3 Å². The molecule has 0 bridgehead atoms. The number of anilines is 2. The van der Waals surface area contributed by atoms with Gasteiger partial charge < -0.3 is 15.5 Å². The van der Waals surface area contributed by atoms with E-state index in [-0.39, 0.29) is 0 Å². The Bertz CT molecular complexity index is 400. The molecular weight excluding hydrogens is 242 g/mol. The van der Waals surface area contributed by atoms with Crippen molar-refractivity contribution in [2.75, 3.05) is 29.9 Å². The van der Waals surface area contributed by atoms with Crippen molar-refractivity contribution in [2.45, 2.75) is 26.2 Å². The smallest absolute Gasteiger partial charge is 0.170 e. The molecule has 0 amide bonds. The maximum absolute atomic E-state index is 5.30. The van der Waals surface area contributed by atoms with Crippen LogP contribution in [0.5, 0.6) is 0 Å². The average Bonchev–Trinajstić information content (AvgIpc) is 2.91. The first-order valence-corrected chi connectivity index (χ1v) is 7.11. The third-order valence-electron chi connectivity index (χ3n) is 3.13. The highest BCUT2D eigenvalue weighted by molar-refractivity contribution is 7.80. The Morgan fingerprint density at radius 3 is 2.72 bits per heavy atom. The normalized spacial score (nSPS) is 14.6. The molecule has 0 aromatic heterocycles. The van der Waals surface area contributed by atoms with E-state index in [1.165, 1.54) is 18.5 Å². The van der Waals surface area contributed by atoms with E-state index in [1.807, 2.05) is 6.07 Å². The van der Waals surface area contributed by atoms with E-state index in [4.69, 9.17) is 12.2 Å². The Hall–Kier alpha value is -1.29. The minimum absolute atomic E-state index is 0.712. The van der Waals surface area contributed by atoms with Crippen LogP contribution in [0.4, 0.5) is 11.4 Å². The molecule has 1 aliphatic heterocycles. The fourth-order valence-electron chi connectivity index (χ4n) is 2.22. The van der Waals surface area contributed by atoms with Gasteiger partial charge in [0.05, 0.1) is 11.4 Å². The molecule has 1 aromatic carbocycles. The van der Waals surface area contributed by atoms with Crippen molar-refractivity contribution < 1.29 is 0 Å². The minimum Gasteiger partial charge on any atom is -0.370 e. The molecule has 1 fully saturated rings. The van der Waals surface area contributed by atoms with Gasteiger partial charge in [-0.3, -0.25) is 0 Å². The van der Waals surface area contributed by atoms with Gasteiger partial charge >= 0.3 is 0 Å². The first-order chi connectivity index (χ1) is 8.81. The number of rotatable bonds is 4. The van der Waals surface area contributed by atoms with Crippen molar-refractivity contribution in [1.29, 1.82) is 0 Å². The number of hydrogen-bond donors (Lipinski definition) is 2. The number of nitrogens with one attached hydrogen (secondary N) is 2. The lowest BCUT2D eigenvalue weighted by Gasteiger charge is -2.22. The van der Waals surface area contributed by atoms with Gasteiger partial charge in [0.15, 0.2) is 5.11 Å². The van der Waals surface area contributed by atoms with Gasteiger partial charge in [-0.2, -0.15) is 0 Å². The van der Waals surface area contributed by atoms with E-state index >= 15 is 0 Å². The van der Waals surface area contributed by atoms with E-state index in [9.17, 15) is 0 Å². The van der Waals surface area contributed by atoms with Crippen LogP contribution in [0, 0.1) is 0 Å². The molecule has 1 aliphatic rings. The fraction of sp³-hybridized carbons (Fsp3) is 0.500. The maximum atomic E-state index is 5.30. The van der Waals surface area contributed by atoms with Crippen molar-refractivity contribution >= 4 is 28.7 Å². The fourth-order valence-corrected chi connectivity index (χ4v) is 2.43. The first kappa shape index (κ1) is 13.1. The molecule has 0 unspecified atom stereocenters. The number of benzene rings is 1. The van der Waals surface area contributed by atoms with Crippen LogP contribution < -0.4 is 15.5 Å². The summed E-state index contributed by atoms with van der Waals surface area (Å²) in [5, 5.41) is 7.21. The molecule has 1 heterocycles. The van der Waals surface area contributed by atoms with Crippen molar-refractivity contribution in [3.05, 3.63) is 24.3 Å². The molecule has 0 atom stereocenters. The highest BCUT2D eigenvalue weighted by Crippen LogP contribution is 2.28. The monoisotopic (exact) mass is 263 g/mol. The van der Waals surface area contributed by atoms with E-state index in [2.05, 4.69) is 40.7 Å². The lowest BCUT2D eigenvalue weighted by atomic mass is 10.2. The lowest BCUT2D eigenvalue weighted by Crippen LogP contribution is -2.30. The summed E-state index contributed by atoms with van der Waals surface area (Å²) in [4.78, 5) is 2.42. The number of nitrogens with zero attached hydrogens (tertiary/aromatic N) is 1. The minimum atomic E-state index is 0.712. The van der Waals surface area contributed by atoms with Crippen LogP contribution in [0.15, 0.2) is 24.3 Å². The van der Waals surface area contributed by atoms with Crippen LogP contribution in [0.25, 0.3) is 0 Å². The second-order valence-corrected chi connectivity index (χ2v) is 5.00. The zero-order valence-electron chi connectivity index (χ0n) is 10.9. The van der Waals surface area contributed by atoms with E-state index in [1.54, 1.807) is 0 Å². The summed E-state index contributed by atoms with van der Waals surface area (Å²) < 4.78 is 0. The van der Waals surface area contributed by atoms with Gasteiger partial charge in [0.25, 0.3) is 0 Å². The largest absolute Gasteiger partial charge is 0.370 e. The SMILES string of the molecule is CCCNC(=S)Nc1ccccc1N1CCCC1. The molecule has 1 aromatic rings. The van der Waals surface area contributed by atoms with Crippen molar-refractivity contribution in [3.8, 4) is 0 Å². The average molecular weight is 263 g/mol. The summed E-state index contributed by atoms with van der Waals surface area (Å²) in [6.07, 6.45) is 3.65. The highest BCUT2D eigenvalue weighted by atomic mass is 32.1. The molecule has 98 valence electrons. The third-order valence-corrected chi connectivity index (χ3v) is 3.38. The van der Waals surface area contributed by atoms with E-state index in [0.29, 0.717) is 5.11 Å². The zero-order chi connectivity index (χ0) is 12.8. The van der Waals surface area contributed by atoms with Crippen LogP contribution >= 0.6 is 12.2 Å². The second-order valence-electron chi connectivity index (χ2n) is 4.59. The van der Waals surface area contributed by atoms with Crippen LogP contribution in [0.1, 0.15) is 26.2 Å². The maximum Gasteiger partial charge on any atom is 0.170 e. The third kappa shape index (κ3) is 3.35. The molecule has 1 saturated heterocycles. The quantitative estimate of drug-likeness (QED) is 0.817. The van der Waals surface area contributed by atoms with Gasteiger partial charge in [-0.05, 0) is 43.6 Å². The van der Waals surface area contributed by atoms with Gasteiger partial charge in [0, 0.05) is 19.6 Å². The predicted molar refractivity (Wildman–Crippen MR) is 82.4 cm³/mol. The summed E-state index contributed by atoms with van der Waals surface area (Å²) in [5.74, 6) is 0. The Balaban J connectivity index is 2.05. The molecule has 3 nitrogen and oxygen atoms in total. The second kappa shape index (κ2) is 6.59. The van der Waals surface area contributed by atoms with Crippen LogP contribution in [0.3, 0.4) is 0 Å². The van der Waals surface area contributed by atoms with E-state index in [0.717, 1.165) is 31.7 Å². The Morgan fingerprint density at radius 1 is 1.28 bits per heavy atom. The summed E-state index contributed by atoms with van der Waals surface area (Å²) in [6, 6.07) is 8.38. The van der Waals surface area contributed by atoms with Crippen LogP contribution in [-0.4, -0.2) is 24.7 Å². The summed E-state index contributed by atoms with van der Waals surface area (Å²) >= 11 is 5.30. The predicted octanol–water partition coefficient (Wildman–Crippen LogP) is 2.98. The van der Waals surface area contributed by atoms with E-state index < -0.39 is 0 Å². The molecule has 4 heteroatoms. The molecular formula is C14H21N3S. The van der Waals surface area contributed by atoms with Gasteiger partial charge in [-0.25, -0.2) is 0 Å².